The van der Waals surface area contributed by atoms with Gasteiger partial charge in [0.15, 0.2) is 0 Å². The van der Waals surface area contributed by atoms with Gasteiger partial charge in [0, 0.05) is 15.6 Å². The molecule has 0 N–H and O–H groups in total. The lowest BCUT2D eigenvalue weighted by atomic mass is 10.1. The number of rotatable bonds is 4. The monoisotopic (exact) mass is 347 g/mol. The first-order valence-corrected chi connectivity index (χ1v) is 6.88. The Morgan fingerprint density at radius 3 is 2.27 bits per heavy atom. The van der Waals surface area contributed by atoms with Gasteiger partial charge in [-0.2, -0.15) is 13.2 Å². The molecule has 0 amide bonds. The normalized spacial score (nSPS) is 11.9. The minimum atomic E-state index is -4.48. The molecular weight excluding hydrogens is 338 g/mol. The molecule has 0 heterocycles. The van der Waals surface area contributed by atoms with E-state index in [0.717, 1.165) is 17.8 Å². The van der Waals surface area contributed by atoms with E-state index in [0.29, 0.717) is 5.02 Å². The molecule has 2 rings (SSSR count). The van der Waals surface area contributed by atoms with Gasteiger partial charge in [-0.1, -0.05) is 40.5 Å². The third kappa shape index (κ3) is 4.64. The molecule has 116 valence electrons. The Morgan fingerprint density at radius 1 is 1.00 bits per heavy atom. The second-order valence-electron chi connectivity index (χ2n) is 4.36. The van der Waals surface area contributed by atoms with E-state index in [9.17, 15) is 13.2 Å². The molecule has 0 aliphatic rings. The maximum Gasteiger partial charge on any atom is 0.417 e. The van der Waals surface area contributed by atoms with E-state index in [1.807, 2.05) is 0 Å². The van der Waals surface area contributed by atoms with E-state index < -0.39 is 11.7 Å². The van der Waals surface area contributed by atoms with Crippen molar-refractivity contribution in [2.24, 2.45) is 5.16 Å². The van der Waals surface area contributed by atoms with Crippen molar-refractivity contribution in [3.63, 3.8) is 0 Å². The predicted molar refractivity (Wildman–Crippen MR) is 80.3 cm³/mol. The number of oxime groups is 1. The van der Waals surface area contributed by atoms with Crippen LogP contribution < -0.4 is 0 Å². The van der Waals surface area contributed by atoms with Gasteiger partial charge in [-0.05, 0) is 35.9 Å². The molecule has 0 spiro atoms. The molecule has 0 unspecified atom stereocenters. The molecule has 0 saturated carbocycles. The average molecular weight is 348 g/mol. The standard InChI is InChI=1S/C15H10Cl2F3NO/c16-12-3-1-10(2-4-12)9-22-21-8-11-7-13(17)5-6-14(11)15(18,19)20/h1-8H,9H2/b21-8+. The largest absolute Gasteiger partial charge is 0.417 e. The summed E-state index contributed by atoms with van der Waals surface area (Å²) >= 11 is 11.4. The van der Waals surface area contributed by atoms with Crippen LogP contribution in [-0.2, 0) is 17.6 Å². The topological polar surface area (TPSA) is 21.6 Å². The highest BCUT2D eigenvalue weighted by Crippen LogP contribution is 2.32. The third-order valence-corrected chi connectivity index (χ3v) is 3.22. The van der Waals surface area contributed by atoms with Crippen molar-refractivity contribution in [2.45, 2.75) is 12.8 Å². The zero-order valence-electron chi connectivity index (χ0n) is 11.1. The molecule has 2 nitrogen and oxygen atoms in total. The molecule has 0 radical (unpaired) electrons. The molecule has 0 bridgehead atoms. The first-order chi connectivity index (χ1) is 10.4. The molecule has 0 saturated heterocycles. The van der Waals surface area contributed by atoms with E-state index in [1.54, 1.807) is 24.3 Å². The Bertz CT molecular complexity index is 669. The molecule has 0 aliphatic heterocycles. The Labute approximate surface area is 135 Å². The lowest BCUT2D eigenvalue weighted by Crippen LogP contribution is -2.08. The van der Waals surface area contributed by atoms with Crippen molar-refractivity contribution in [3.05, 3.63) is 69.2 Å². The summed E-state index contributed by atoms with van der Waals surface area (Å²) in [4.78, 5) is 4.99. The van der Waals surface area contributed by atoms with Crippen LogP contribution in [0.3, 0.4) is 0 Å². The summed E-state index contributed by atoms with van der Waals surface area (Å²) in [5, 5.41) is 4.33. The van der Waals surface area contributed by atoms with Crippen LogP contribution in [-0.4, -0.2) is 6.21 Å². The molecule has 0 fully saturated rings. The number of halogens is 5. The maximum absolute atomic E-state index is 12.8. The zero-order valence-corrected chi connectivity index (χ0v) is 12.6. The van der Waals surface area contributed by atoms with Crippen LogP contribution in [0.2, 0.25) is 10.0 Å². The molecule has 0 aromatic heterocycles. The highest BCUT2D eigenvalue weighted by Gasteiger charge is 2.32. The molecule has 0 atom stereocenters. The van der Waals surface area contributed by atoms with Crippen LogP contribution in [0.25, 0.3) is 0 Å². The maximum atomic E-state index is 12.8. The summed E-state index contributed by atoms with van der Waals surface area (Å²) in [7, 11) is 0. The van der Waals surface area contributed by atoms with E-state index in [-0.39, 0.29) is 17.2 Å². The average Bonchev–Trinajstić information content (AvgIpc) is 2.44. The van der Waals surface area contributed by atoms with Crippen molar-refractivity contribution >= 4 is 29.4 Å². The number of alkyl halides is 3. The van der Waals surface area contributed by atoms with Crippen LogP contribution in [0.15, 0.2) is 47.6 Å². The highest BCUT2D eigenvalue weighted by atomic mass is 35.5. The highest BCUT2D eigenvalue weighted by molar-refractivity contribution is 6.31. The summed E-state index contributed by atoms with van der Waals surface area (Å²) < 4.78 is 38.5. The number of nitrogens with zero attached hydrogens (tertiary/aromatic N) is 1. The lowest BCUT2D eigenvalue weighted by Gasteiger charge is -2.09. The van der Waals surface area contributed by atoms with E-state index >= 15 is 0 Å². The number of benzene rings is 2. The predicted octanol–water partition coefficient (Wildman–Crippen LogP) is 5.56. The number of hydrogen-bond acceptors (Lipinski definition) is 2. The smallest absolute Gasteiger partial charge is 0.391 e. The molecular formula is C15H10Cl2F3NO. The Balaban J connectivity index is 2.06. The van der Waals surface area contributed by atoms with Crippen molar-refractivity contribution in [1.29, 1.82) is 0 Å². The second-order valence-corrected chi connectivity index (χ2v) is 5.24. The van der Waals surface area contributed by atoms with Crippen molar-refractivity contribution in [1.82, 2.24) is 0 Å². The lowest BCUT2D eigenvalue weighted by molar-refractivity contribution is -0.137. The minimum absolute atomic E-state index is 0.121. The first-order valence-electron chi connectivity index (χ1n) is 6.13. The van der Waals surface area contributed by atoms with Crippen LogP contribution in [0, 0.1) is 0 Å². The summed E-state index contributed by atoms with van der Waals surface area (Å²) in [6, 6.07) is 10.1. The van der Waals surface area contributed by atoms with Crippen LogP contribution in [0.1, 0.15) is 16.7 Å². The van der Waals surface area contributed by atoms with Crippen molar-refractivity contribution in [2.75, 3.05) is 0 Å². The zero-order chi connectivity index (χ0) is 16.2. The van der Waals surface area contributed by atoms with Crippen LogP contribution in [0.4, 0.5) is 13.2 Å². The SMILES string of the molecule is FC(F)(F)c1ccc(Cl)cc1/C=N/OCc1ccc(Cl)cc1. The Morgan fingerprint density at radius 2 is 1.64 bits per heavy atom. The van der Waals surface area contributed by atoms with Gasteiger partial charge in [0.25, 0.3) is 0 Å². The van der Waals surface area contributed by atoms with Gasteiger partial charge in [-0.15, -0.1) is 0 Å². The summed E-state index contributed by atoms with van der Waals surface area (Å²) in [6.45, 7) is 0.121. The third-order valence-electron chi connectivity index (χ3n) is 2.73. The summed E-state index contributed by atoms with van der Waals surface area (Å²) in [5.74, 6) is 0. The Hall–Kier alpha value is -1.72. The van der Waals surface area contributed by atoms with Gasteiger partial charge >= 0.3 is 6.18 Å². The van der Waals surface area contributed by atoms with Gasteiger partial charge < -0.3 is 4.84 Å². The summed E-state index contributed by atoms with van der Waals surface area (Å²) in [5.41, 5.74) is -0.185. The fourth-order valence-electron chi connectivity index (χ4n) is 1.69. The fraction of sp³-hybridized carbons (Fsp3) is 0.133. The van der Waals surface area contributed by atoms with Crippen molar-refractivity contribution < 1.29 is 18.0 Å². The van der Waals surface area contributed by atoms with Gasteiger partial charge in [-0.3, -0.25) is 0 Å². The van der Waals surface area contributed by atoms with Crippen molar-refractivity contribution in [3.8, 4) is 0 Å². The Kier molecular flexibility index (Phi) is 5.32. The van der Waals surface area contributed by atoms with Gasteiger partial charge in [0.05, 0.1) is 11.8 Å². The van der Waals surface area contributed by atoms with Crippen LogP contribution >= 0.6 is 23.2 Å². The second kappa shape index (κ2) is 7.03. The molecule has 0 aliphatic carbocycles. The van der Waals surface area contributed by atoms with E-state index in [1.165, 1.54) is 12.1 Å². The molecule has 7 heteroatoms. The van der Waals surface area contributed by atoms with E-state index in [2.05, 4.69) is 5.16 Å². The van der Waals surface area contributed by atoms with Gasteiger partial charge in [-0.25, -0.2) is 0 Å². The van der Waals surface area contributed by atoms with Gasteiger partial charge in [0.1, 0.15) is 6.61 Å². The quantitative estimate of drug-likeness (QED) is 0.523. The molecule has 2 aromatic carbocycles. The first kappa shape index (κ1) is 16.6. The fourth-order valence-corrected chi connectivity index (χ4v) is 1.99. The van der Waals surface area contributed by atoms with E-state index in [4.69, 9.17) is 28.0 Å². The number of hydrogen-bond donors (Lipinski definition) is 0. The van der Waals surface area contributed by atoms with Crippen LogP contribution in [0.5, 0.6) is 0 Å². The molecule has 2 aromatic rings. The summed E-state index contributed by atoms with van der Waals surface area (Å²) in [6.07, 6.45) is -3.49. The minimum Gasteiger partial charge on any atom is -0.391 e. The molecule has 22 heavy (non-hydrogen) atoms. The van der Waals surface area contributed by atoms with Gasteiger partial charge in [0.2, 0.25) is 0 Å².